The van der Waals surface area contributed by atoms with Crippen molar-refractivity contribution in [1.82, 2.24) is 9.29 Å². The van der Waals surface area contributed by atoms with E-state index in [1.807, 2.05) is 36.4 Å². The lowest BCUT2D eigenvalue weighted by Gasteiger charge is -2.30. The summed E-state index contributed by atoms with van der Waals surface area (Å²) in [6.07, 6.45) is 1.75. The van der Waals surface area contributed by atoms with Crippen LogP contribution in [0.15, 0.2) is 76.2 Å². The Balaban J connectivity index is 1.37. The molecule has 27 heavy (non-hydrogen) atoms. The van der Waals surface area contributed by atoms with Crippen LogP contribution in [0, 0.1) is 0 Å². The number of nitrogens with zero attached hydrogens (tertiary/aromatic N) is 2. The van der Waals surface area contributed by atoms with Gasteiger partial charge in [0.15, 0.2) is 12.3 Å². The average molecular weight is 384 g/mol. The molecule has 0 spiro atoms. The predicted molar refractivity (Wildman–Crippen MR) is 102 cm³/mol. The molecule has 140 valence electrons. The molecule has 0 unspecified atom stereocenters. The van der Waals surface area contributed by atoms with Crippen molar-refractivity contribution in [3.8, 4) is 11.3 Å². The molecule has 0 atom stereocenters. The molecule has 1 saturated heterocycles. The van der Waals surface area contributed by atoms with Crippen molar-refractivity contribution < 1.29 is 17.7 Å². The third-order valence-electron chi connectivity index (χ3n) is 4.82. The second-order valence-electron chi connectivity index (χ2n) is 6.63. The van der Waals surface area contributed by atoms with Gasteiger partial charge in [0.2, 0.25) is 10.0 Å². The van der Waals surface area contributed by atoms with Crippen LogP contribution < -0.4 is 4.90 Å². The first-order valence-electron chi connectivity index (χ1n) is 9.02. The van der Waals surface area contributed by atoms with E-state index >= 15 is 0 Å². The lowest BCUT2D eigenvalue weighted by atomic mass is 10.2. The first kappa shape index (κ1) is 17.9. The maximum absolute atomic E-state index is 12.7. The van der Waals surface area contributed by atoms with Gasteiger partial charge < -0.3 is 9.32 Å². The van der Waals surface area contributed by atoms with Gasteiger partial charge >= 0.3 is 0 Å². The molecule has 0 radical (unpaired) electrons. The topological polar surface area (TPSA) is 67.8 Å². The lowest BCUT2D eigenvalue weighted by molar-refractivity contribution is -0.918. The molecule has 1 aliphatic rings. The molecule has 6 nitrogen and oxygen atoms in total. The number of sulfonamides is 1. The summed E-state index contributed by atoms with van der Waals surface area (Å²) in [4.78, 5) is 6.01. The highest BCUT2D eigenvalue weighted by atomic mass is 32.2. The zero-order chi connectivity index (χ0) is 18.7. The summed E-state index contributed by atoms with van der Waals surface area (Å²) < 4.78 is 32.8. The van der Waals surface area contributed by atoms with E-state index in [1.54, 1.807) is 34.8 Å². The van der Waals surface area contributed by atoms with Crippen molar-refractivity contribution in [2.75, 3.05) is 26.2 Å². The van der Waals surface area contributed by atoms with Gasteiger partial charge in [-0.05, 0) is 12.1 Å². The van der Waals surface area contributed by atoms with E-state index in [2.05, 4.69) is 4.98 Å². The first-order valence-corrected chi connectivity index (χ1v) is 10.5. The summed E-state index contributed by atoms with van der Waals surface area (Å²) in [6.45, 7) is 3.12. The highest BCUT2D eigenvalue weighted by Crippen LogP contribution is 2.19. The molecule has 0 saturated carbocycles. The Morgan fingerprint density at radius 3 is 2.26 bits per heavy atom. The highest BCUT2D eigenvalue weighted by Gasteiger charge is 2.30. The molecular formula is C20H22N3O3S+. The van der Waals surface area contributed by atoms with Crippen LogP contribution in [-0.4, -0.2) is 43.9 Å². The summed E-state index contributed by atoms with van der Waals surface area (Å²) in [5.74, 6) is 1.44. The molecule has 0 aliphatic carbocycles. The maximum atomic E-state index is 12.7. The molecule has 1 aliphatic heterocycles. The molecule has 0 amide bonds. The van der Waals surface area contributed by atoms with Crippen molar-refractivity contribution in [2.24, 2.45) is 0 Å². The highest BCUT2D eigenvalue weighted by molar-refractivity contribution is 7.89. The van der Waals surface area contributed by atoms with Crippen LogP contribution in [0.5, 0.6) is 0 Å². The molecule has 3 aromatic rings. The number of hydrogen-bond donors (Lipinski definition) is 1. The zero-order valence-electron chi connectivity index (χ0n) is 14.9. The maximum Gasteiger partial charge on any atom is 0.250 e. The fraction of sp³-hybridized carbons (Fsp3) is 0.250. The number of quaternary nitrogens is 1. The fourth-order valence-electron chi connectivity index (χ4n) is 3.30. The Morgan fingerprint density at radius 1 is 0.963 bits per heavy atom. The summed E-state index contributed by atoms with van der Waals surface area (Å²) in [5.41, 5.74) is 1.00. The zero-order valence-corrected chi connectivity index (χ0v) is 15.7. The van der Waals surface area contributed by atoms with E-state index < -0.39 is 10.0 Å². The number of hydrogen-bond acceptors (Lipinski definition) is 4. The van der Waals surface area contributed by atoms with Gasteiger partial charge in [0, 0.05) is 5.56 Å². The van der Waals surface area contributed by atoms with Gasteiger partial charge in [-0.15, -0.1) is 0 Å². The molecule has 4 rings (SSSR count). The van der Waals surface area contributed by atoms with Crippen LogP contribution in [0.3, 0.4) is 0 Å². The van der Waals surface area contributed by atoms with Crippen molar-refractivity contribution >= 4 is 10.0 Å². The van der Waals surface area contributed by atoms with Crippen molar-refractivity contribution in [3.05, 3.63) is 72.8 Å². The summed E-state index contributed by atoms with van der Waals surface area (Å²) in [6, 6.07) is 18.5. The van der Waals surface area contributed by atoms with Gasteiger partial charge in [0.05, 0.1) is 37.3 Å². The Hall–Kier alpha value is -2.48. The minimum Gasteiger partial charge on any atom is -0.435 e. The normalized spacial score (nSPS) is 16.4. The van der Waals surface area contributed by atoms with E-state index in [0.717, 1.165) is 24.4 Å². The monoisotopic (exact) mass is 384 g/mol. The smallest absolute Gasteiger partial charge is 0.250 e. The Morgan fingerprint density at radius 2 is 1.59 bits per heavy atom. The molecule has 2 aromatic carbocycles. The van der Waals surface area contributed by atoms with E-state index in [-0.39, 0.29) is 0 Å². The number of piperazine rings is 1. The van der Waals surface area contributed by atoms with Crippen LogP contribution >= 0.6 is 0 Å². The van der Waals surface area contributed by atoms with E-state index in [9.17, 15) is 8.42 Å². The third-order valence-corrected chi connectivity index (χ3v) is 6.74. The van der Waals surface area contributed by atoms with Gasteiger partial charge in [0.1, 0.15) is 0 Å². The Kier molecular flexibility index (Phi) is 5.07. The Labute approximate surface area is 159 Å². The van der Waals surface area contributed by atoms with Gasteiger partial charge in [-0.1, -0.05) is 48.5 Å². The van der Waals surface area contributed by atoms with Crippen LogP contribution in [0.2, 0.25) is 0 Å². The van der Waals surface area contributed by atoms with Gasteiger partial charge in [-0.25, -0.2) is 13.4 Å². The molecule has 7 heteroatoms. The molecule has 2 heterocycles. The van der Waals surface area contributed by atoms with Gasteiger partial charge in [0.25, 0.3) is 5.89 Å². The first-order chi connectivity index (χ1) is 13.1. The van der Waals surface area contributed by atoms with E-state index in [4.69, 9.17) is 4.42 Å². The molecule has 0 bridgehead atoms. The largest absolute Gasteiger partial charge is 0.435 e. The fourth-order valence-corrected chi connectivity index (χ4v) is 4.77. The van der Waals surface area contributed by atoms with Crippen molar-refractivity contribution in [3.63, 3.8) is 0 Å². The summed E-state index contributed by atoms with van der Waals surface area (Å²) >= 11 is 0. The van der Waals surface area contributed by atoms with Crippen molar-refractivity contribution in [1.29, 1.82) is 0 Å². The third kappa shape index (κ3) is 3.95. The second-order valence-corrected chi connectivity index (χ2v) is 8.57. The summed E-state index contributed by atoms with van der Waals surface area (Å²) in [7, 11) is -3.41. The van der Waals surface area contributed by atoms with E-state index in [1.165, 1.54) is 4.90 Å². The number of oxazole rings is 1. The standard InChI is InChI=1S/C20H21N3O3S/c24-27(25,18-9-5-2-6-10-18)23-13-11-22(12-14-23)16-20-21-15-19(26-20)17-7-3-1-4-8-17/h1-10,15H,11-14,16H2/p+1. The molecule has 1 aromatic heterocycles. The van der Waals surface area contributed by atoms with Crippen LogP contribution in [-0.2, 0) is 16.6 Å². The van der Waals surface area contributed by atoms with Crippen molar-refractivity contribution in [2.45, 2.75) is 11.4 Å². The average Bonchev–Trinajstić information content (AvgIpc) is 3.18. The minimum atomic E-state index is -3.41. The van der Waals surface area contributed by atoms with Crippen LogP contribution in [0.4, 0.5) is 0 Å². The molecular weight excluding hydrogens is 362 g/mol. The number of rotatable bonds is 5. The van der Waals surface area contributed by atoms with Gasteiger partial charge in [-0.3, -0.25) is 0 Å². The lowest BCUT2D eigenvalue weighted by Crippen LogP contribution is -3.13. The summed E-state index contributed by atoms with van der Waals surface area (Å²) in [5, 5.41) is 0. The minimum absolute atomic E-state index is 0.355. The van der Waals surface area contributed by atoms with Gasteiger partial charge in [-0.2, -0.15) is 4.31 Å². The Bertz CT molecular complexity index is 980. The van der Waals surface area contributed by atoms with Crippen LogP contribution in [0.25, 0.3) is 11.3 Å². The molecule has 1 N–H and O–H groups in total. The SMILES string of the molecule is O=S(=O)(c1ccccc1)N1CC[NH+](Cc2ncc(-c3ccccc3)o2)CC1. The predicted octanol–water partition coefficient (Wildman–Crippen LogP) is 1.43. The van der Waals surface area contributed by atoms with E-state index in [0.29, 0.717) is 30.4 Å². The second kappa shape index (κ2) is 7.64. The van der Waals surface area contributed by atoms with Crippen LogP contribution in [0.1, 0.15) is 5.89 Å². The number of aromatic nitrogens is 1. The number of nitrogens with one attached hydrogen (secondary N) is 1. The quantitative estimate of drug-likeness (QED) is 0.723. The molecule has 1 fully saturated rings. The number of benzene rings is 2.